The summed E-state index contributed by atoms with van der Waals surface area (Å²) >= 11 is 0. The number of fused-ring (bicyclic) bond motifs is 1. The summed E-state index contributed by atoms with van der Waals surface area (Å²) in [5.41, 5.74) is 5.85. The first-order valence-electron chi connectivity index (χ1n) is 12.7. The fourth-order valence-electron chi connectivity index (χ4n) is 4.54. The van der Waals surface area contributed by atoms with Gasteiger partial charge >= 0.3 is 0 Å². The maximum Gasteiger partial charge on any atom is 0.144 e. The summed E-state index contributed by atoms with van der Waals surface area (Å²) in [5, 5.41) is 10.7. The molecule has 0 amide bonds. The summed E-state index contributed by atoms with van der Waals surface area (Å²) in [7, 11) is 1.68. The monoisotopic (exact) mass is 459 g/mol. The molecule has 0 spiro atoms. The van der Waals surface area contributed by atoms with Gasteiger partial charge < -0.3 is 19.8 Å². The molecule has 4 rings (SSSR count). The lowest BCUT2D eigenvalue weighted by Crippen LogP contribution is -1.90. The molecule has 1 aliphatic rings. The van der Waals surface area contributed by atoms with Crippen molar-refractivity contribution in [2.75, 3.05) is 7.11 Å². The van der Waals surface area contributed by atoms with Crippen LogP contribution in [0.1, 0.15) is 76.8 Å². The van der Waals surface area contributed by atoms with Gasteiger partial charge in [-0.3, -0.25) is 4.99 Å². The zero-order valence-corrected chi connectivity index (χ0v) is 20.5. The summed E-state index contributed by atoms with van der Waals surface area (Å²) in [6, 6.07) is 9.33. The number of allylic oxidation sites excluding steroid dienone is 2. The van der Waals surface area contributed by atoms with E-state index in [-0.39, 0.29) is 5.75 Å². The van der Waals surface area contributed by atoms with Gasteiger partial charge in [-0.05, 0) is 55.3 Å². The molecule has 34 heavy (non-hydrogen) atoms. The van der Waals surface area contributed by atoms with Crippen molar-refractivity contribution in [3.05, 3.63) is 53.9 Å². The van der Waals surface area contributed by atoms with Crippen molar-refractivity contribution in [3.63, 3.8) is 0 Å². The summed E-state index contributed by atoms with van der Waals surface area (Å²) in [5.74, 6) is 1.04. The van der Waals surface area contributed by atoms with Gasteiger partial charge in [0, 0.05) is 22.7 Å². The number of rotatable bonds is 13. The Balaban J connectivity index is 1.33. The number of benzene rings is 1. The van der Waals surface area contributed by atoms with E-state index in [0.717, 1.165) is 51.6 Å². The third-order valence-electron chi connectivity index (χ3n) is 6.47. The standard InChI is InChI=1S/C29H37N3O2/c1-3-4-5-6-7-8-9-10-11-12-22-13-14-23(30-22)19-28-29(34-2)20-27(32-28)26-18-21-17-24(33)15-16-25(21)31-26/h13-20,31-33H,3-12H2,1-2H3/b23-19+. The molecule has 1 aromatic carbocycles. The highest BCUT2D eigenvalue weighted by molar-refractivity contribution is 5.99. The van der Waals surface area contributed by atoms with Gasteiger partial charge in [0.2, 0.25) is 0 Å². The number of hydrogen-bond acceptors (Lipinski definition) is 3. The first kappa shape index (κ1) is 23.9. The average Bonchev–Trinajstić information content (AvgIpc) is 3.56. The van der Waals surface area contributed by atoms with Crippen LogP contribution in [0.5, 0.6) is 11.5 Å². The second-order valence-electron chi connectivity index (χ2n) is 9.20. The smallest absolute Gasteiger partial charge is 0.144 e. The Hall–Kier alpha value is -3.21. The molecule has 0 atom stereocenters. The highest BCUT2D eigenvalue weighted by Gasteiger charge is 2.13. The lowest BCUT2D eigenvalue weighted by molar-refractivity contribution is 0.414. The molecule has 0 bridgehead atoms. The van der Waals surface area contributed by atoms with Crippen molar-refractivity contribution in [2.24, 2.45) is 4.99 Å². The molecule has 0 radical (unpaired) electrons. The molecule has 2 aromatic heterocycles. The number of phenols is 1. The summed E-state index contributed by atoms with van der Waals surface area (Å²) in [6.07, 6.45) is 19.4. The van der Waals surface area contributed by atoms with E-state index in [1.54, 1.807) is 19.2 Å². The molecular weight excluding hydrogens is 422 g/mol. The summed E-state index contributed by atoms with van der Waals surface area (Å²) in [6.45, 7) is 2.27. The average molecular weight is 460 g/mol. The van der Waals surface area contributed by atoms with E-state index in [4.69, 9.17) is 9.73 Å². The number of nitrogens with zero attached hydrogens (tertiary/aromatic N) is 1. The van der Waals surface area contributed by atoms with Gasteiger partial charge in [0.15, 0.2) is 0 Å². The first-order chi connectivity index (χ1) is 16.7. The zero-order chi connectivity index (χ0) is 23.8. The molecule has 180 valence electrons. The molecule has 3 heterocycles. The lowest BCUT2D eigenvalue weighted by Gasteiger charge is -2.02. The van der Waals surface area contributed by atoms with Gasteiger partial charge in [0.05, 0.1) is 29.9 Å². The van der Waals surface area contributed by atoms with Gasteiger partial charge in [-0.25, -0.2) is 0 Å². The molecule has 1 aliphatic heterocycles. The Morgan fingerprint density at radius 1 is 0.882 bits per heavy atom. The van der Waals surface area contributed by atoms with Crippen LogP contribution in [0.3, 0.4) is 0 Å². The summed E-state index contributed by atoms with van der Waals surface area (Å²) in [4.78, 5) is 11.7. The van der Waals surface area contributed by atoms with Crippen LogP contribution in [-0.4, -0.2) is 27.9 Å². The fraction of sp³-hybridized carbons (Fsp3) is 0.414. The van der Waals surface area contributed by atoms with E-state index in [1.807, 2.05) is 24.3 Å². The van der Waals surface area contributed by atoms with Crippen molar-refractivity contribution in [3.8, 4) is 22.9 Å². The number of methoxy groups -OCH3 is 1. The highest BCUT2D eigenvalue weighted by Crippen LogP contribution is 2.32. The largest absolute Gasteiger partial charge is 0.508 e. The molecular formula is C29H37N3O2. The van der Waals surface area contributed by atoms with Crippen LogP contribution in [-0.2, 0) is 0 Å². The molecule has 5 nitrogen and oxygen atoms in total. The number of phenolic OH excluding ortho intramolecular Hbond substituents is 1. The van der Waals surface area contributed by atoms with Crippen LogP contribution in [0.25, 0.3) is 28.4 Å². The highest BCUT2D eigenvalue weighted by atomic mass is 16.5. The number of aromatic amines is 2. The Labute approximate surface area is 202 Å². The molecule has 0 unspecified atom stereocenters. The van der Waals surface area contributed by atoms with Crippen molar-refractivity contribution in [2.45, 2.75) is 71.1 Å². The number of ether oxygens (including phenoxy) is 1. The SMILES string of the molecule is CCCCCCCCCCCC1=N/C(=C/c2[nH]c(-c3cc4cc(O)ccc4[nH]3)cc2OC)C=C1. The van der Waals surface area contributed by atoms with Crippen molar-refractivity contribution >= 4 is 22.7 Å². The third-order valence-corrected chi connectivity index (χ3v) is 6.47. The number of aromatic hydroxyl groups is 1. The van der Waals surface area contributed by atoms with Crippen molar-refractivity contribution < 1.29 is 9.84 Å². The number of aliphatic imine (C=N–C) groups is 1. The second-order valence-corrected chi connectivity index (χ2v) is 9.20. The Bertz CT molecular complexity index is 1180. The van der Waals surface area contributed by atoms with Crippen LogP contribution >= 0.6 is 0 Å². The molecule has 0 saturated carbocycles. The van der Waals surface area contributed by atoms with E-state index in [0.29, 0.717) is 0 Å². The van der Waals surface area contributed by atoms with Crippen LogP contribution in [0.2, 0.25) is 0 Å². The second kappa shape index (κ2) is 11.8. The van der Waals surface area contributed by atoms with Crippen LogP contribution in [0.15, 0.2) is 53.2 Å². The number of unbranched alkanes of at least 4 members (excludes halogenated alkanes) is 8. The van der Waals surface area contributed by atoms with E-state index in [1.165, 1.54) is 57.8 Å². The minimum absolute atomic E-state index is 0.261. The maximum atomic E-state index is 9.74. The van der Waals surface area contributed by atoms with E-state index < -0.39 is 0 Å². The number of H-pyrrole nitrogens is 2. The number of aromatic nitrogens is 2. The van der Waals surface area contributed by atoms with Gasteiger partial charge in [0.1, 0.15) is 11.5 Å². The number of nitrogens with one attached hydrogen (secondary N) is 2. The molecule has 3 aromatic rings. The molecule has 0 fully saturated rings. The molecule has 5 heteroatoms. The Kier molecular flexibility index (Phi) is 8.29. The lowest BCUT2D eigenvalue weighted by atomic mass is 10.1. The van der Waals surface area contributed by atoms with Gasteiger partial charge in [-0.1, -0.05) is 58.3 Å². The van der Waals surface area contributed by atoms with Gasteiger partial charge in [-0.2, -0.15) is 0 Å². The predicted molar refractivity (Wildman–Crippen MR) is 143 cm³/mol. The third kappa shape index (κ3) is 6.22. The van der Waals surface area contributed by atoms with E-state index in [2.05, 4.69) is 29.0 Å². The molecule has 0 saturated heterocycles. The number of hydrogen-bond donors (Lipinski definition) is 3. The van der Waals surface area contributed by atoms with Crippen LogP contribution in [0, 0.1) is 0 Å². The maximum absolute atomic E-state index is 9.74. The van der Waals surface area contributed by atoms with Gasteiger partial charge in [-0.15, -0.1) is 0 Å². The zero-order valence-electron chi connectivity index (χ0n) is 20.5. The topological polar surface area (TPSA) is 73.4 Å². The summed E-state index contributed by atoms with van der Waals surface area (Å²) < 4.78 is 5.61. The van der Waals surface area contributed by atoms with Crippen molar-refractivity contribution in [1.29, 1.82) is 0 Å². The normalized spacial score (nSPS) is 14.4. The van der Waals surface area contributed by atoms with Crippen LogP contribution < -0.4 is 4.74 Å². The Morgan fingerprint density at radius 3 is 2.38 bits per heavy atom. The minimum atomic E-state index is 0.261. The van der Waals surface area contributed by atoms with E-state index in [9.17, 15) is 5.11 Å². The fourth-order valence-corrected chi connectivity index (χ4v) is 4.54. The van der Waals surface area contributed by atoms with E-state index >= 15 is 0 Å². The Morgan fingerprint density at radius 2 is 1.62 bits per heavy atom. The molecule has 0 aliphatic carbocycles. The molecule has 3 N–H and O–H groups in total. The minimum Gasteiger partial charge on any atom is -0.508 e. The van der Waals surface area contributed by atoms with Crippen LogP contribution in [0.4, 0.5) is 0 Å². The first-order valence-corrected chi connectivity index (χ1v) is 12.7. The predicted octanol–water partition coefficient (Wildman–Crippen LogP) is 8.15. The quantitative estimate of drug-likeness (QED) is 0.226. The van der Waals surface area contributed by atoms with Gasteiger partial charge in [0.25, 0.3) is 0 Å². The van der Waals surface area contributed by atoms with Crippen molar-refractivity contribution in [1.82, 2.24) is 9.97 Å².